The number of hydrogen-bond donors (Lipinski definition) is 2. The van der Waals surface area contributed by atoms with Crippen molar-refractivity contribution < 1.29 is 15.0 Å². The van der Waals surface area contributed by atoms with Crippen LogP contribution in [0, 0.1) is 0 Å². The van der Waals surface area contributed by atoms with Crippen LogP contribution in [0.25, 0.3) is 0 Å². The Labute approximate surface area is 132 Å². The van der Waals surface area contributed by atoms with Gasteiger partial charge in [0.1, 0.15) is 5.75 Å². The van der Waals surface area contributed by atoms with Gasteiger partial charge in [0.15, 0.2) is 5.69 Å². The molecule has 2 N–H and O–H groups in total. The van der Waals surface area contributed by atoms with Gasteiger partial charge >= 0.3 is 0 Å². The van der Waals surface area contributed by atoms with E-state index in [1.165, 1.54) is 23.6 Å². The summed E-state index contributed by atoms with van der Waals surface area (Å²) in [7, 11) is 0. The lowest BCUT2D eigenvalue weighted by Gasteiger charge is -2.26. The van der Waals surface area contributed by atoms with Crippen LogP contribution in [-0.2, 0) is 0 Å². The first kappa shape index (κ1) is 15.0. The molecule has 1 aliphatic rings. The molecular weight excluding hydrogens is 300 g/mol. The van der Waals surface area contributed by atoms with Gasteiger partial charge in [-0.3, -0.25) is 4.79 Å². The highest BCUT2D eigenvalue weighted by molar-refractivity contribution is 7.10. The van der Waals surface area contributed by atoms with Crippen LogP contribution >= 0.6 is 11.3 Å². The van der Waals surface area contributed by atoms with Crippen molar-refractivity contribution in [3.05, 3.63) is 46.4 Å². The molecule has 5 nitrogen and oxygen atoms in total. The minimum absolute atomic E-state index is 0.0222. The van der Waals surface area contributed by atoms with Crippen molar-refractivity contribution in [2.24, 2.45) is 0 Å². The van der Waals surface area contributed by atoms with Gasteiger partial charge < -0.3 is 15.1 Å². The maximum atomic E-state index is 12.6. The smallest absolute Gasteiger partial charge is 0.276 e. The van der Waals surface area contributed by atoms with E-state index in [1.807, 2.05) is 17.5 Å². The lowest BCUT2D eigenvalue weighted by Crippen LogP contribution is -2.36. The van der Waals surface area contributed by atoms with Gasteiger partial charge in [0, 0.05) is 23.7 Å². The first-order valence-electron chi connectivity index (χ1n) is 7.33. The molecule has 3 heterocycles. The number of aliphatic hydroxyl groups is 1. The second-order valence-electron chi connectivity index (χ2n) is 5.43. The molecule has 3 rings (SSSR count). The summed E-state index contributed by atoms with van der Waals surface area (Å²) in [5.74, 6) is -0.365. The van der Waals surface area contributed by atoms with Gasteiger partial charge in [-0.15, -0.1) is 11.3 Å². The van der Waals surface area contributed by atoms with Gasteiger partial charge in [0.05, 0.1) is 6.10 Å². The summed E-state index contributed by atoms with van der Waals surface area (Å²) in [5, 5.41) is 22.0. The highest BCUT2D eigenvalue weighted by Gasteiger charge is 2.33. The number of likely N-dealkylation sites (tertiary alicyclic amines) is 1. The highest BCUT2D eigenvalue weighted by atomic mass is 32.1. The van der Waals surface area contributed by atoms with E-state index in [1.54, 1.807) is 11.0 Å². The van der Waals surface area contributed by atoms with Crippen molar-refractivity contribution in [3.63, 3.8) is 0 Å². The molecule has 6 heteroatoms. The minimum atomic E-state index is -0.560. The first-order valence-corrected chi connectivity index (χ1v) is 8.21. The molecule has 2 atom stereocenters. The largest absolute Gasteiger partial charge is 0.505 e. The monoisotopic (exact) mass is 318 g/mol. The van der Waals surface area contributed by atoms with Gasteiger partial charge in [-0.05, 0) is 42.8 Å². The number of rotatable bonds is 4. The number of carbonyl (C=O) groups excluding carboxylic acids is 1. The second kappa shape index (κ2) is 6.46. The summed E-state index contributed by atoms with van der Waals surface area (Å²) >= 11 is 1.52. The fourth-order valence-electron chi connectivity index (χ4n) is 2.90. The van der Waals surface area contributed by atoms with E-state index >= 15 is 0 Å². The number of hydrogen-bond acceptors (Lipinski definition) is 5. The Kier molecular flexibility index (Phi) is 4.40. The Morgan fingerprint density at radius 1 is 1.45 bits per heavy atom. The molecule has 0 aliphatic carbocycles. The topological polar surface area (TPSA) is 73.7 Å². The van der Waals surface area contributed by atoms with Crippen LogP contribution in [-0.4, -0.2) is 38.6 Å². The van der Waals surface area contributed by atoms with Crippen LogP contribution in [0.5, 0.6) is 5.75 Å². The average Bonchev–Trinajstić information content (AvgIpc) is 3.18. The minimum Gasteiger partial charge on any atom is -0.505 e. The molecule has 2 aromatic heterocycles. The van der Waals surface area contributed by atoms with E-state index in [0.29, 0.717) is 13.0 Å². The van der Waals surface area contributed by atoms with Crippen molar-refractivity contribution in [3.8, 4) is 5.75 Å². The molecule has 1 aliphatic heterocycles. The lowest BCUT2D eigenvalue weighted by atomic mass is 10.1. The fourth-order valence-corrected chi connectivity index (χ4v) is 3.63. The zero-order valence-electron chi connectivity index (χ0n) is 12.1. The summed E-state index contributed by atoms with van der Waals surface area (Å²) in [4.78, 5) is 19.2. The predicted octanol–water partition coefficient (Wildman–Crippen LogP) is 2.58. The Hall–Kier alpha value is -1.92. The molecule has 2 aromatic rings. The van der Waals surface area contributed by atoms with Gasteiger partial charge in [-0.1, -0.05) is 6.07 Å². The molecule has 22 heavy (non-hydrogen) atoms. The maximum absolute atomic E-state index is 12.6. The number of carbonyl (C=O) groups is 1. The molecule has 0 spiro atoms. The van der Waals surface area contributed by atoms with Gasteiger partial charge in [-0.25, -0.2) is 4.98 Å². The van der Waals surface area contributed by atoms with E-state index in [4.69, 9.17) is 0 Å². The normalized spacial score (nSPS) is 19.3. The van der Waals surface area contributed by atoms with E-state index in [2.05, 4.69) is 4.98 Å². The zero-order valence-corrected chi connectivity index (χ0v) is 12.9. The number of aromatic hydroxyl groups is 1. The van der Waals surface area contributed by atoms with Crippen LogP contribution in [0.1, 0.15) is 40.7 Å². The quantitative estimate of drug-likeness (QED) is 0.908. The molecule has 1 fully saturated rings. The number of aliphatic hydroxyl groups excluding tert-OH is 1. The molecule has 116 valence electrons. The van der Waals surface area contributed by atoms with Crippen LogP contribution in [0.4, 0.5) is 0 Å². The molecule has 0 bridgehead atoms. The number of pyridine rings is 1. The third-order valence-electron chi connectivity index (χ3n) is 3.99. The molecule has 1 saturated heterocycles. The molecule has 2 unspecified atom stereocenters. The molecule has 1 amide bonds. The van der Waals surface area contributed by atoms with Crippen LogP contribution in [0.2, 0.25) is 0 Å². The Bertz CT molecular complexity index is 645. The zero-order chi connectivity index (χ0) is 15.5. The summed E-state index contributed by atoms with van der Waals surface area (Å²) in [5.41, 5.74) is 0.0833. The maximum Gasteiger partial charge on any atom is 0.276 e. The summed E-state index contributed by atoms with van der Waals surface area (Å²) in [6.07, 6.45) is 3.22. The van der Waals surface area contributed by atoms with Gasteiger partial charge in [-0.2, -0.15) is 0 Å². The third kappa shape index (κ3) is 2.98. The van der Waals surface area contributed by atoms with Crippen LogP contribution in [0.3, 0.4) is 0 Å². The van der Waals surface area contributed by atoms with Gasteiger partial charge in [0.25, 0.3) is 5.91 Å². The second-order valence-corrected chi connectivity index (χ2v) is 6.41. The number of nitrogens with zero attached hydrogens (tertiary/aromatic N) is 2. The van der Waals surface area contributed by atoms with Crippen molar-refractivity contribution >= 4 is 17.2 Å². The van der Waals surface area contributed by atoms with E-state index in [9.17, 15) is 15.0 Å². The van der Waals surface area contributed by atoms with E-state index < -0.39 is 6.10 Å². The Morgan fingerprint density at radius 3 is 3.05 bits per heavy atom. The highest BCUT2D eigenvalue weighted by Crippen LogP contribution is 2.31. The molecule has 0 radical (unpaired) electrons. The van der Waals surface area contributed by atoms with Crippen molar-refractivity contribution in [1.29, 1.82) is 0 Å². The lowest BCUT2D eigenvalue weighted by molar-refractivity contribution is 0.0661. The van der Waals surface area contributed by atoms with E-state index in [0.717, 1.165) is 17.7 Å². The standard InChI is InChI=1S/C16H18N2O3S/c19-12-5-1-7-17-15(12)16(21)18-8-2-4-11(18)10-13(20)14-6-3-9-22-14/h1,3,5-7,9,11,13,19-20H,2,4,8,10H2. The van der Waals surface area contributed by atoms with Crippen LogP contribution in [0.15, 0.2) is 35.8 Å². The Morgan fingerprint density at radius 2 is 2.32 bits per heavy atom. The van der Waals surface area contributed by atoms with Gasteiger partial charge in [0.2, 0.25) is 0 Å². The Balaban J connectivity index is 1.73. The average molecular weight is 318 g/mol. The van der Waals surface area contributed by atoms with Crippen molar-refractivity contribution in [2.75, 3.05) is 6.54 Å². The van der Waals surface area contributed by atoms with Crippen molar-refractivity contribution in [1.82, 2.24) is 9.88 Å². The number of thiophene rings is 1. The summed E-state index contributed by atoms with van der Waals surface area (Å²) in [6, 6.07) is 6.85. The fraction of sp³-hybridized carbons (Fsp3) is 0.375. The SMILES string of the molecule is O=C(c1ncccc1O)N1CCCC1CC(O)c1cccs1. The van der Waals surface area contributed by atoms with Crippen LogP contribution < -0.4 is 0 Å². The number of amides is 1. The van der Waals surface area contributed by atoms with Crippen molar-refractivity contribution in [2.45, 2.75) is 31.4 Å². The van der Waals surface area contributed by atoms with E-state index in [-0.39, 0.29) is 23.4 Å². The summed E-state index contributed by atoms with van der Waals surface area (Å²) < 4.78 is 0. The molecular formula is C16H18N2O3S. The third-order valence-corrected chi connectivity index (χ3v) is 4.97. The molecule has 0 aromatic carbocycles. The predicted molar refractivity (Wildman–Crippen MR) is 83.9 cm³/mol. The molecule has 0 saturated carbocycles. The number of aromatic nitrogens is 1. The summed E-state index contributed by atoms with van der Waals surface area (Å²) in [6.45, 7) is 0.636. The first-order chi connectivity index (χ1) is 10.7.